The lowest BCUT2D eigenvalue weighted by molar-refractivity contribution is -0.129. The van der Waals surface area contributed by atoms with Gasteiger partial charge in [0.1, 0.15) is 5.69 Å². The molecular formula is C22H29F2N5O. The highest BCUT2D eigenvalue weighted by Gasteiger charge is 2.31. The highest BCUT2D eigenvalue weighted by molar-refractivity contribution is 6.00. The van der Waals surface area contributed by atoms with E-state index in [0.29, 0.717) is 36.9 Å². The number of amidine groups is 1. The molecule has 0 radical (unpaired) electrons. The van der Waals surface area contributed by atoms with Gasteiger partial charge in [0.25, 0.3) is 5.92 Å². The molecule has 0 bridgehead atoms. The number of aliphatic imine (C=N–C) groups is 1. The SMILES string of the molecule is C=CC(=O)N1CCN(C(=N/C=C\C)C(=C)Nc2ccc(C(F)(F)CC)nc2)C[C@H]1C. The number of nitrogens with one attached hydrogen (secondary N) is 1. The number of allylic oxidation sites excluding steroid dienone is 1. The molecule has 1 saturated heterocycles. The summed E-state index contributed by atoms with van der Waals surface area (Å²) in [6, 6.07) is 2.84. The van der Waals surface area contributed by atoms with E-state index in [2.05, 4.69) is 28.5 Å². The summed E-state index contributed by atoms with van der Waals surface area (Å²) in [7, 11) is 0. The van der Waals surface area contributed by atoms with Gasteiger partial charge in [-0.25, -0.2) is 4.99 Å². The molecule has 0 spiro atoms. The average Bonchev–Trinajstić information content (AvgIpc) is 2.74. The number of aromatic nitrogens is 1. The Kier molecular flexibility index (Phi) is 7.86. The van der Waals surface area contributed by atoms with Gasteiger partial charge in [-0.1, -0.05) is 26.2 Å². The van der Waals surface area contributed by atoms with Gasteiger partial charge in [-0.2, -0.15) is 8.78 Å². The van der Waals surface area contributed by atoms with Crippen LogP contribution in [0.4, 0.5) is 14.5 Å². The molecule has 2 heterocycles. The zero-order valence-electron chi connectivity index (χ0n) is 17.7. The normalized spacial score (nSPS) is 17.9. The number of rotatable bonds is 7. The number of anilines is 1. The van der Waals surface area contributed by atoms with Crippen molar-refractivity contribution in [2.45, 2.75) is 39.2 Å². The minimum Gasteiger partial charge on any atom is -0.352 e. The first kappa shape index (κ1) is 23.3. The van der Waals surface area contributed by atoms with Crippen LogP contribution in [0.25, 0.3) is 0 Å². The van der Waals surface area contributed by atoms with Crippen molar-refractivity contribution in [2.24, 2.45) is 4.99 Å². The second kappa shape index (κ2) is 10.1. The van der Waals surface area contributed by atoms with Crippen LogP contribution in [-0.4, -0.2) is 52.2 Å². The van der Waals surface area contributed by atoms with Gasteiger partial charge in [0.2, 0.25) is 5.91 Å². The third kappa shape index (κ3) is 5.52. The number of carbonyl (C=O) groups excluding carboxylic acids is 1. The Morgan fingerprint density at radius 2 is 2.17 bits per heavy atom. The molecule has 1 aromatic heterocycles. The minimum absolute atomic E-state index is 0.0231. The second-order valence-corrected chi connectivity index (χ2v) is 7.06. The van der Waals surface area contributed by atoms with Crippen molar-refractivity contribution in [1.29, 1.82) is 0 Å². The van der Waals surface area contributed by atoms with Gasteiger partial charge in [0, 0.05) is 38.3 Å². The first-order valence-electron chi connectivity index (χ1n) is 9.91. The average molecular weight is 418 g/mol. The van der Waals surface area contributed by atoms with Gasteiger partial charge >= 0.3 is 0 Å². The smallest absolute Gasteiger partial charge is 0.289 e. The van der Waals surface area contributed by atoms with E-state index < -0.39 is 5.92 Å². The van der Waals surface area contributed by atoms with Gasteiger partial charge in [-0.05, 0) is 32.1 Å². The largest absolute Gasteiger partial charge is 0.352 e. The van der Waals surface area contributed by atoms with Crippen molar-refractivity contribution in [2.75, 3.05) is 25.0 Å². The lowest BCUT2D eigenvalue weighted by Crippen LogP contribution is -2.55. The number of hydrogen-bond acceptors (Lipinski definition) is 4. The lowest BCUT2D eigenvalue weighted by atomic mass is 10.1. The Morgan fingerprint density at radius 1 is 1.43 bits per heavy atom. The standard InChI is InChI=1S/C22H29F2N5O/c1-6-11-25-21(28-12-13-29(16(4)15-28)20(30)7-2)17(5)27-18-9-10-19(26-14-18)22(23,24)8-3/h6-7,9-11,14,16,27H,2,5,8,12-13,15H2,1,3-4H3/b11-6-,25-21?/t16-/m1/s1. The first-order valence-corrected chi connectivity index (χ1v) is 9.91. The summed E-state index contributed by atoms with van der Waals surface area (Å²) >= 11 is 0. The summed E-state index contributed by atoms with van der Waals surface area (Å²) in [4.78, 5) is 24.2. The molecule has 8 heteroatoms. The molecule has 1 aliphatic heterocycles. The molecule has 1 amide bonds. The molecule has 0 aliphatic carbocycles. The third-order valence-corrected chi connectivity index (χ3v) is 4.88. The summed E-state index contributed by atoms with van der Waals surface area (Å²) in [5.41, 5.74) is 0.791. The Balaban J connectivity index is 2.15. The van der Waals surface area contributed by atoms with Crippen molar-refractivity contribution in [3.8, 4) is 0 Å². The number of alkyl halides is 2. The van der Waals surface area contributed by atoms with E-state index in [0.717, 1.165) is 0 Å². The van der Waals surface area contributed by atoms with Crippen LogP contribution in [0.1, 0.15) is 32.9 Å². The minimum atomic E-state index is -2.95. The summed E-state index contributed by atoms with van der Waals surface area (Å²) in [5, 5.41) is 3.10. The summed E-state index contributed by atoms with van der Waals surface area (Å²) < 4.78 is 27.5. The summed E-state index contributed by atoms with van der Waals surface area (Å²) in [6.45, 7) is 14.6. The van der Waals surface area contributed by atoms with E-state index in [1.807, 2.05) is 18.7 Å². The maximum Gasteiger partial charge on any atom is 0.289 e. The molecule has 30 heavy (non-hydrogen) atoms. The monoisotopic (exact) mass is 417 g/mol. The van der Waals surface area contributed by atoms with E-state index in [1.165, 1.54) is 25.3 Å². The molecule has 1 atom stereocenters. The molecule has 162 valence electrons. The quantitative estimate of drug-likeness (QED) is 0.411. The fraction of sp³-hybridized carbons (Fsp3) is 0.409. The van der Waals surface area contributed by atoms with E-state index in [-0.39, 0.29) is 24.1 Å². The number of amides is 1. The maximum absolute atomic E-state index is 13.8. The van der Waals surface area contributed by atoms with Gasteiger partial charge in [0.05, 0.1) is 17.6 Å². The zero-order valence-corrected chi connectivity index (χ0v) is 17.7. The highest BCUT2D eigenvalue weighted by Crippen LogP contribution is 2.30. The van der Waals surface area contributed by atoms with Crippen LogP contribution < -0.4 is 5.32 Å². The number of halogens is 2. The molecule has 1 N–H and O–H groups in total. The van der Waals surface area contributed by atoms with E-state index in [1.54, 1.807) is 23.2 Å². The predicted octanol–water partition coefficient (Wildman–Crippen LogP) is 4.16. The Labute approximate surface area is 176 Å². The number of carbonyl (C=O) groups is 1. The second-order valence-electron chi connectivity index (χ2n) is 7.06. The molecule has 6 nitrogen and oxygen atoms in total. The molecule has 0 unspecified atom stereocenters. The van der Waals surface area contributed by atoms with Gasteiger partial charge in [-0.15, -0.1) is 0 Å². The van der Waals surface area contributed by atoms with Crippen LogP contribution in [0.15, 0.2) is 60.5 Å². The van der Waals surface area contributed by atoms with Crippen LogP contribution in [0, 0.1) is 0 Å². The number of pyridine rings is 1. The van der Waals surface area contributed by atoms with Crippen LogP contribution in [0.3, 0.4) is 0 Å². The molecule has 2 rings (SSSR count). The lowest BCUT2D eigenvalue weighted by Gasteiger charge is -2.41. The summed E-state index contributed by atoms with van der Waals surface area (Å²) in [5.74, 6) is -2.43. The highest BCUT2D eigenvalue weighted by atomic mass is 19.3. The van der Waals surface area contributed by atoms with Gasteiger partial charge in [0.15, 0.2) is 5.84 Å². The Bertz CT molecular complexity index is 832. The molecule has 1 aromatic rings. The first-order chi connectivity index (χ1) is 14.2. The van der Waals surface area contributed by atoms with Crippen LogP contribution in [0.2, 0.25) is 0 Å². The van der Waals surface area contributed by atoms with Gasteiger partial charge in [-0.3, -0.25) is 9.78 Å². The van der Waals surface area contributed by atoms with Crippen LogP contribution in [0.5, 0.6) is 0 Å². The van der Waals surface area contributed by atoms with Crippen molar-refractivity contribution < 1.29 is 13.6 Å². The van der Waals surface area contributed by atoms with E-state index in [9.17, 15) is 13.6 Å². The number of piperazine rings is 1. The number of hydrogen-bond donors (Lipinski definition) is 1. The predicted molar refractivity (Wildman–Crippen MR) is 116 cm³/mol. The van der Waals surface area contributed by atoms with Crippen LogP contribution in [-0.2, 0) is 10.7 Å². The molecule has 1 fully saturated rings. The maximum atomic E-state index is 13.8. The molecule has 1 aliphatic rings. The molecule has 0 saturated carbocycles. The molecule has 0 aromatic carbocycles. The fourth-order valence-corrected chi connectivity index (χ4v) is 3.19. The molecular weight excluding hydrogens is 388 g/mol. The summed E-state index contributed by atoms with van der Waals surface area (Å²) in [6.07, 6.45) is 5.84. The zero-order chi connectivity index (χ0) is 22.3. The van der Waals surface area contributed by atoms with Crippen molar-refractivity contribution in [3.63, 3.8) is 0 Å². The van der Waals surface area contributed by atoms with Crippen LogP contribution >= 0.6 is 0 Å². The third-order valence-electron chi connectivity index (χ3n) is 4.88. The Morgan fingerprint density at radius 3 is 2.70 bits per heavy atom. The number of nitrogens with zero attached hydrogens (tertiary/aromatic N) is 4. The van der Waals surface area contributed by atoms with Crippen molar-refractivity contribution in [3.05, 3.63) is 61.2 Å². The van der Waals surface area contributed by atoms with Crippen molar-refractivity contribution in [1.82, 2.24) is 14.8 Å². The Hall–Kier alpha value is -3.03. The topological polar surface area (TPSA) is 60.8 Å². The fourth-order valence-electron chi connectivity index (χ4n) is 3.19. The van der Waals surface area contributed by atoms with E-state index in [4.69, 9.17) is 0 Å². The van der Waals surface area contributed by atoms with Gasteiger partial charge < -0.3 is 15.1 Å². The van der Waals surface area contributed by atoms with Crippen molar-refractivity contribution >= 4 is 17.4 Å². The van der Waals surface area contributed by atoms with E-state index >= 15 is 0 Å².